The molecule has 0 aromatic carbocycles. The molecule has 0 spiro atoms. The highest BCUT2D eigenvalue weighted by atomic mass is 32.2. The van der Waals surface area contributed by atoms with Crippen LogP contribution in [-0.4, -0.2) is 32.9 Å². The molecule has 1 aromatic heterocycles. The number of aromatic carboxylic acids is 1. The Kier molecular flexibility index (Phi) is 4.81. The highest BCUT2D eigenvalue weighted by molar-refractivity contribution is 7.99. The molecule has 0 bridgehead atoms. The molecule has 0 aliphatic carbocycles. The van der Waals surface area contributed by atoms with E-state index in [4.69, 9.17) is 5.11 Å². The van der Waals surface area contributed by atoms with Gasteiger partial charge in [0.1, 0.15) is 10.6 Å². The summed E-state index contributed by atoms with van der Waals surface area (Å²) in [6, 6.07) is 0. The second kappa shape index (κ2) is 6.38. The lowest BCUT2D eigenvalue weighted by atomic mass is 9.98. The maximum absolute atomic E-state index is 11.9. The van der Waals surface area contributed by atoms with Crippen LogP contribution >= 0.6 is 23.3 Å². The lowest BCUT2D eigenvalue weighted by molar-refractivity contribution is -0.117. The Bertz CT molecular complexity index is 481. The third-order valence-electron chi connectivity index (χ3n) is 3.14. The number of carboxylic acid groups (broad SMARTS) is 1. The predicted molar refractivity (Wildman–Crippen MR) is 77.1 cm³/mol. The summed E-state index contributed by atoms with van der Waals surface area (Å²) in [5, 5.41) is 12.1. The molecule has 0 unspecified atom stereocenters. The molecule has 2 rings (SSSR count). The van der Waals surface area contributed by atoms with Gasteiger partial charge in [-0.2, -0.15) is 16.1 Å². The quantitative estimate of drug-likeness (QED) is 0.893. The molecule has 2 heterocycles. The lowest BCUT2D eigenvalue weighted by Gasteiger charge is -2.20. The SMILES string of the molecule is Cc1nsc(NC(=O)CC2CCSCC2)c1C(=O)O. The van der Waals surface area contributed by atoms with E-state index < -0.39 is 5.97 Å². The molecular weight excluding hydrogens is 284 g/mol. The fourth-order valence-electron chi connectivity index (χ4n) is 2.10. The molecule has 2 N–H and O–H groups in total. The number of rotatable bonds is 4. The van der Waals surface area contributed by atoms with Crippen LogP contribution in [0.4, 0.5) is 5.00 Å². The maximum Gasteiger partial charge on any atom is 0.340 e. The number of thioether (sulfide) groups is 1. The molecule has 5 nitrogen and oxygen atoms in total. The average Bonchev–Trinajstić information content (AvgIpc) is 2.71. The van der Waals surface area contributed by atoms with Crippen molar-refractivity contribution in [1.82, 2.24) is 4.37 Å². The fourth-order valence-corrected chi connectivity index (χ4v) is 4.11. The summed E-state index contributed by atoms with van der Waals surface area (Å²) in [6.45, 7) is 1.63. The van der Waals surface area contributed by atoms with E-state index >= 15 is 0 Å². The summed E-state index contributed by atoms with van der Waals surface area (Å²) < 4.78 is 3.98. The zero-order valence-electron chi connectivity index (χ0n) is 10.6. The Morgan fingerprint density at radius 1 is 1.42 bits per heavy atom. The van der Waals surface area contributed by atoms with Crippen LogP contribution in [0.1, 0.15) is 35.3 Å². The number of hydrogen-bond donors (Lipinski definition) is 2. The van der Waals surface area contributed by atoms with Gasteiger partial charge in [0, 0.05) is 6.42 Å². The van der Waals surface area contributed by atoms with Gasteiger partial charge in [-0.05, 0) is 48.7 Å². The van der Waals surface area contributed by atoms with E-state index in [9.17, 15) is 9.59 Å². The number of aryl methyl sites for hydroxylation is 1. The van der Waals surface area contributed by atoms with Crippen molar-refractivity contribution in [1.29, 1.82) is 0 Å². The number of carbonyl (C=O) groups excluding carboxylic acids is 1. The number of nitrogens with zero attached hydrogens (tertiary/aromatic N) is 1. The lowest BCUT2D eigenvalue weighted by Crippen LogP contribution is -2.20. The topological polar surface area (TPSA) is 79.3 Å². The zero-order valence-corrected chi connectivity index (χ0v) is 12.3. The third kappa shape index (κ3) is 3.70. The van der Waals surface area contributed by atoms with Crippen molar-refractivity contribution in [3.05, 3.63) is 11.3 Å². The molecule has 19 heavy (non-hydrogen) atoms. The van der Waals surface area contributed by atoms with E-state index in [2.05, 4.69) is 9.69 Å². The first-order valence-corrected chi connectivity index (χ1v) is 8.08. The summed E-state index contributed by atoms with van der Waals surface area (Å²) in [6.07, 6.45) is 2.59. The summed E-state index contributed by atoms with van der Waals surface area (Å²) in [5.41, 5.74) is 0.555. The average molecular weight is 300 g/mol. The molecule has 0 saturated carbocycles. The molecule has 0 atom stereocenters. The molecule has 104 valence electrons. The van der Waals surface area contributed by atoms with Crippen LogP contribution in [0.2, 0.25) is 0 Å². The van der Waals surface area contributed by atoms with Crippen molar-refractivity contribution in [3.8, 4) is 0 Å². The molecule has 1 amide bonds. The summed E-state index contributed by atoms with van der Waals surface area (Å²) in [5.74, 6) is 1.48. The van der Waals surface area contributed by atoms with Gasteiger partial charge in [0.25, 0.3) is 0 Å². The number of amides is 1. The molecule has 1 aromatic rings. The van der Waals surface area contributed by atoms with Gasteiger partial charge in [0.05, 0.1) is 5.69 Å². The van der Waals surface area contributed by atoms with E-state index in [1.165, 1.54) is 0 Å². The van der Waals surface area contributed by atoms with Gasteiger partial charge >= 0.3 is 5.97 Å². The molecule has 0 radical (unpaired) electrons. The van der Waals surface area contributed by atoms with Crippen LogP contribution in [0.25, 0.3) is 0 Å². The first kappa shape index (κ1) is 14.3. The Hall–Kier alpha value is -1.08. The number of carbonyl (C=O) groups is 2. The Balaban J connectivity index is 1.96. The highest BCUT2D eigenvalue weighted by Gasteiger charge is 2.21. The van der Waals surface area contributed by atoms with Crippen LogP contribution in [0, 0.1) is 12.8 Å². The second-order valence-electron chi connectivity index (χ2n) is 4.59. The van der Waals surface area contributed by atoms with Crippen LogP contribution in [0.3, 0.4) is 0 Å². The number of aromatic nitrogens is 1. The Morgan fingerprint density at radius 2 is 2.11 bits per heavy atom. The summed E-state index contributed by atoms with van der Waals surface area (Å²) in [4.78, 5) is 23.0. The zero-order chi connectivity index (χ0) is 13.8. The van der Waals surface area contributed by atoms with Crippen LogP contribution in [-0.2, 0) is 4.79 Å². The smallest absolute Gasteiger partial charge is 0.340 e. The monoisotopic (exact) mass is 300 g/mol. The first-order chi connectivity index (χ1) is 9.08. The number of carboxylic acids is 1. The number of hydrogen-bond acceptors (Lipinski definition) is 5. The predicted octanol–water partition coefficient (Wildman–Crippen LogP) is 2.62. The van der Waals surface area contributed by atoms with E-state index in [0.717, 1.165) is 35.9 Å². The van der Waals surface area contributed by atoms with Gasteiger partial charge in [-0.1, -0.05) is 0 Å². The van der Waals surface area contributed by atoms with Crippen molar-refractivity contribution in [2.45, 2.75) is 26.2 Å². The third-order valence-corrected chi connectivity index (χ3v) is 5.05. The Morgan fingerprint density at radius 3 is 2.74 bits per heavy atom. The molecule has 1 aliphatic heterocycles. The minimum absolute atomic E-state index is 0.108. The van der Waals surface area contributed by atoms with Crippen molar-refractivity contribution >= 4 is 40.2 Å². The largest absolute Gasteiger partial charge is 0.478 e. The van der Waals surface area contributed by atoms with Crippen molar-refractivity contribution in [2.75, 3.05) is 16.8 Å². The molecule has 1 saturated heterocycles. The minimum Gasteiger partial charge on any atom is -0.478 e. The van der Waals surface area contributed by atoms with E-state index in [1.54, 1.807) is 6.92 Å². The molecule has 7 heteroatoms. The molecule has 1 aliphatic rings. The second-order valence-corrected chi connectivity index (χ2v) is 6.58. The summed E-state index contributed by atoms with van der Waals surface area (Å²) in [7, 11) is 0. The fraction of sp³-hybridized carbons (Fsp3) is 0.583. The van der Waals surface area contributed by atoms with Gasteiger partial charge in [-0.3, -0.25) is 4.79 Å². The molecule has 1 fully saturated rings. The van der Waals surface area contributed by atoms with E-state index in [0.29, 0.717) is 23.0 Å². The van der Waals surface area contributed by atoms with Crippen molar-refractivity contribution < 1.29 is 14.7 Å². The van der Waals surface area contributed by atoms with Crippen molar-refractivity contribution in [3.63, 3.8) is 0 Å². The number of anilines is 1. The normalized spacial score (nSPS) is 16.3. The Labute approximate surface area is 120 Å². The maximum atomic E-state index is 11.9. The standard InChI is InChI=1S/C12H16N2O3S2/c1-7-10(12(16)17)11(19-14-7)13-9(15)6-8-2-4-18-5-3-8/h8H,2-6H2,1H3,(H,13,15)(H,16,17). The molecular formula is C12H16N2O3S2. The van der Waals surface area contributed by atoms with Crippen LogP contribution in [0.15, 0.2) is 0 Å². The summed E-state index contributed by atoms with van der Waals surface area (Å²) >= 11 is 2.95. The van der Waals surface area contributed by atoms with Gasteiger partial charge < -0.3 is 10.4 Å². The van der Waals surface area contributed by atoms with Gasteiger partial charge in [-0.15, -0.1) is 0 Å². The number of nitrogens with one attached hydrogen (secondary N) is 1. The van der Waals surface area contributed by atoms with E-state index in [-0.39, 0.29) is 11.5 Å². The van der Waals surface area contributed by atoms with Gasteiger partial charge in [0.15, 0.2) is 0 Å². The van der Waals surface area contributed by atoms with Crippen LogP contribution < -0.4 is 5.32 Å². The minimum atomic E-state index is -1.05. The van der Waals surface area contributed by atoms with Gasteiger partial charge in [-0.25, -0.2) is 4.79 Å². The van der Waals surface area contributed by atoms with E-state index in [1.807, 2.05) is 11.8 Å². The van der Waals surface area contributed by atoms with Crippen LogP contribution in [0.5, 0.6) is 0 Å². The van der Waals surface area contributed by atoms with Crippen molar-refractivity contribution in [2.24, 2.45) is 5.92 Å². The van der Waals surface area contributed by atoms with Gasteiger partial charge in [0.2, 0.25) is 5.91 Å². The first-order valence-electron chi connectivity index (χ1n) is 6.15. The highest BCUT2D eigenvalue weighted by Crippen LogP contribution is 2.28.